The van der Waals surface area contributed by atoms with E-state index in [4.69, 9.17) is 16.3 Å². The highest BCUT2D eigenvalue weighted by Crippen LogP contribution is 2.23. The van der Waals surface area contributed by atoms with Gasteiger partial charge in [-0.2, -0.15) is 0 Å². The first-order valence-electron chi connectivity index (χ1n) is 5.47. The van der Waals surface area contributed by atoms with Gasteiger partial charge in [-0.3, -0.25) is 4.79 Å². The number of halogens is 1. The molecule has 2 rings (SSSR count). The highest BCUT2D eigenvalue weighted by molar-refractivity contribution is 6.33. The molecule has 1 aliphatic heterocycles. The first-order chi connectivity index (χ1) is 8.08. The molecule has 1 aromatic carbocycles. The van der Waals surface area contributed by atoms with Gasteiger partial charge in [0.1, 0.15) is 5.75 Å². The Hall–Kier alpha value is -1.26. The van der Waals surface area contributed by atoms with Gasteiger partial charge in [-0.25, -0.2) is 0 Å². The fourth-order valence-electron chi connectivity index (χ4n) is 1.85. The Labute approximate surface area is 105 Å². The molecule has 0 bridgehead atoms. The van der Waals surface area contributed by atoms with Gasteiger partial charge in [-0.05, 0) is 25.1 Å². The Morgan fingerprint density at radius 2 is 2.35 bits per heavy atom. The summed E-state index contributed by atoms with van der Waals surface area (Å²) in [4.78, 5) is 13.9. The zero-order chi connectivity index (χ0) is 12.4. The molecule has 4 nitrogen and oxygen atoms in total. The largest absolute Gasteiger partial charge is 0.508 e. The SMILES string of the molecule is CC1CN(C(=O)c2cc(O)ccc2Cl)CCO1. The Kier molecular flexibility index (Phi) is 3.54. The number of morpholine rings is 1. The van der Waals surface area contributed by atoms with Crippen LogP contribution in [0.25, 0.3) is 0 Å². The summed E-state index contributed by atoms with van der Waals surface area (Å²) in [5, 5.41) is 9.74. The van der Waals surface area contributed by atoms with E-state index in [1.807, 2.05) is 6.92 Å². The molecule has 5 heteroatoms. The number of hydrogen-bond acceptors (Lipinski definition) is 3. The van der Waals surface area contributed by atoms with Crippen molar-refractivity contribution < 1.29 is 14.6 Å². The number of rotatable bonds is 1. The maximum absolute atomic E-state index is 12.2. The first kappa shape index (κ1) is 12.2. The van der Waals surface area contributed by atoms with Gasteiger partial charge in [0.05, 0.1) is 23.3 Å². The third kappa shape index (κ3) is 2.70. The highest BCUT2D eigenvalue weighted by atomic mass is 35.5. The third-order valence-electron chi connectivity index (χ3n) is 2.71. The molecule has 17 heavy (non-hydrogen) atoms. The van der Waals surface area contributed by atoms with Gasteiger partial charge in [-0.1, -0.05) is 11.6 Å². The average Bonchev–Trinajstić information content (AvgIpc) is 2.31. The maximum atomic E-state index is 12.2. The molecular formula is C12H14ClNO3. The van der Waals surface area contributed by atoms with Crippen LogP contribution in [0.3, 0.4) is 0 Å². The first-order valence-corrected chi connectivity index (χ1v) is 5.85. The van der Waals surface area contributed by atoms with Gasteiger partial charge < -0.3 is 14.7 Å². The Balaban J connectivity index is 2.21. The number of carbonyl (C=O) groups is 1. The molecule has 92 valence electrons. The molecule has 1 N–H and O–H groups in total. The van der Waals surface area contributed by atoms with Crippen LogP contribution < -0.4 is 0 Å². The van der Waals surface area contributed by atoms with Crippen LogP contribution in [0.5, 0.6) is 5.75 Å². The van der Waals surface area contributed by atoms with Gasteiger partial charge >= 0.3 is 0 Å². The average molecular weight is 256 g/mol. The molecule has 1 aromatic rings. The number of hydrogen-bond donors (Lipinski definition) is 1. The lowest BCUT2D eigenvalue weighted by atomic mass is 10.1. The van der Waals surface area contributed by atoms with E-state index in [-0.39, 0.29) is 17.8 Å². The zero-order valence-electron chi connectivity index (χ0n) is 9.52. The lowest BCUT2D eigenvalue weighted by Gasteiger charge is -2.31. The second-order valence-corrected chi connectivity index (χ2v) is 4.50. The van der Waals surface area contributed by atoms with Crippen LogP contribution in [0.1, 0.15) is 17.3 Å². The van der Waals surface area contributed by atoms with Crippen LogP contribution in [-0.4, -0.2) is 41.7 Å². The van der Waals surface area contributed by atoms with Crippen LogP contribution in [0, 0.1) is 0 Å². The van der Waals surface area contributed by atoms with Crippen molar-refractivity contribution in [1.29, 1.82) is 0 Å². The lowest BCUT2D eigenvalue weighted by molar-refractivity contribution is -0.0124. The van der Waals surface area contributed by atoms with Crippen molar-refractivity contribution in [2.45, 2.75) is 13.0 Å². The quantitative estimate of drug-likeness (QED) is 0.834. The van der Waals surface area contributed by atoms with Gasteiger partial charge in [-0.15, -0.1) is 0 Å². The van der Waals surface area contributed by atoms with E-state index in [1.54, 1.807) is 4.90 Å². The van der Waals surface area contributed by atoms with Crippen molar-refractivity contribution in [1.82, 2.24) is 4.90 Å². The smallest absolute Gasteiger partial charge is 0.255 e. The molecule has 1 fully saturated rings. The second-order valence-electron chi connectivity index (χ2n) is 4.10. The van der Waals surface area contributed by atoms with Crippen molar-refractivity contribution in [3.05, 3.63) is 28.8 Å². The minimum Gasteiger partial charge on any atom is -0.508 e. The van der Waals surface area contributed by atoms with E-state index in [0.29, 0.717) is 30.3 Å². The fourth-order valence-corrected chi connectivity index (χ4v) is 2.05. The van der Waals surface area contributed by atoms with Gasteiger partial charge in [0, 0.05) is 13.1 Å². The van der Waals surface area contributed by atoms with Crippen LogP contribution >= 0.6 is 11.6 Å². The number of phenols is 1. The zero-order valence-corrected chi connectivity index (χ0v) is 10.3. The fraction of sp³-hybridized carbons (Fsp3) is 0.417. The molecule has 0 spiro atoms. The number of benzene rings is 1. The summed E-state index contributed by atoms with van der Waals surface area (Å²) < 4.78 is 5.37. The number of carbonyl (C=O) groups excluding carboxylic acids is 1. The van der Waals surface area contributed by atoms with Crippen molar-refractivity contribution >= 4 is 17.5 Å². The summed E-state index contributed by atoms with van der Waals surface area (Å²) in [6.07, 6.45) is 0.0313. The number of phenolic OH excluding ortho intramolecular Hbond substituents is 1. The summed E-state index contributed by atoms with van der Waals surface area (Å²) in [7, 11) is 0. The van der Waals surface area contributed by atoms with Gasteiger partial charge in [0.2, 0.25) is 0 Å². The molecule has 0 saturated carbocycles. The maximum Gasteiger partial charge on any atom is 0.255 e. The summed E-state index contributed by atoms with van der Waals surface area (Å²) in [6.45, 7) is 3.55. The molecule has 0 radical (unpaired) electrons. The Morgan fingerprint density at radius 1 is 1.59 bits per heavy atom. The highest BCUT2D eigenvalue weighted by Gasteiger charge is 2.24. The molecule has 0 aliphatic carbocycles. The van der Waals surface area contributed by atoms with E-state index in [1.165, 1.54) is 18.2 Å². The molecule has 1 saturated heterocycles. The Bertz CT molecular complexity index is 436. The molecule has 1 amide bonds. The van der Waals surface area contributed by atoms with E-state index >= 15 is 0 Å². The van der Waals surface area contributed by atoms with Gasteiger partial charge in [0.15, 0.2) is 0 Å². The molecule has 1 heterocycles. The van der Waals surface area contributed by atoms with E-state index in [0.717, 1.165) is 0 Å². The molecule has 1 unspecified atom stereocenters. The monoisotopic (exact) mass is 255 g/mol. The van der Waals surface area contributed by atoms with Gasteiger partial charge in [0.25, 0.3) is 5.91 Å². The van der Waals surface area contributed by atoms with E-state index < -0.39 is 0 Å². The Morgan fingerprint density at radius 3 is 3.06 bits per heavy atom. The number of aromatic hydroxyl groups is 1. The topological polar surface area (TPSA) is 49.8 Å². The van der Waals surface area contributed by atoms with Crippen LogP contribution in [0.2, 0.25) is 5.02 Å². The summed E-state index contributed by atoms with van der Waals surface area (Å²) in [5.41, 5.74) is 0.334. The summed E-state index contributed by atoms with van der Waals surface area (Å²) >= 11 is 5.96. The third-order valence-corrected chi connectivity index (χ3v) is 3.04. The minimum absolute atomic E-state index is 0.0313. The molecule has 0 aromatic heterocycles. The van der Waals surface area contributed by atoms with E-state index in [9.17, 15) is 9.90 Å². The molecule has 1 aliphatic rings. The predicted molar refractivity (Wildman–Crippen MR) is 64.4 cm³/mol. The van der Waals surface area contributed by atoms with Crippen LogP contribution in [-0.2, 0) is 4.74 Å². The normalized spacial score (nSPS) is 20.4. The predicted octanol–water partition coefficient (Wildman–Crippen LogP) is 1.91. The summed E-state index contributed by atoms with van der Waals surface area (Å²) in [6, 6.07) is 4.37. The molecular weight excluding hydrogens is 242 g/mol. The number of ether oxygens (including phenoxy) is 1. The van der Waals surface area contributed by atoms with E-state index in [2.05, 4.69) is 0 Å². The number of nitrogens with zero attached hydrogens (tertiary/aromatic N) is 1. The second kappa shape index (κ2) is 4.94. The summed E-state index contributed by atoms with van der Waals surface area (Å²) in [5.74, 6) is -0.125. The van der Waals surface area contributed by atoms with Crippen molar-refractivity contribution in [2.75, 3.05) is 19.7 Å². The van der Waals surface area contributed by atoms with Crippen molar-refractivity contribution in [3.8, 4) is 5.75 Å². The minimum atomic E-state index is -0.166. The van der Waals surface area contributed by atoms with Crippen molar-refractivity contribution in [2.24, 2.45) is 0 Å². The van der Waals surface area contributed by atoms with Crippen LogP contribution in [0.15, 0.2) is 18.2 Å². The standard InChI is InChI=1S/C12H14ClNO3/c1-8-7-14(4-5-17-8)12(16)10-6-9(15)2-3-11(10)13/h2-3,6,8,15H,4-5,7H2,1H3. The van der Waals surface area contributed by atoms with Crippen LogP contribution in [0.4, 0.5) is 0 Å². The number of amides is 1. The lowest BCUT2D eigenvalue weighted by Crippen LogP contribution is -2.44. The molecule has 1 atom stereocenters. The van der Waals surface area contributed by atoms with Crippen molar-refractivity contribution in [3.63, 3.8) is 0 Å².